The van der Waals surface area contributed by atoms with Gasteiger partial charge in [-0.05, 0) is 49.4 Å². The summed E-state index contributed by atoms with van der Waals surface area (Å²) in [5, 5.41) is 3.28. The molecule has 0 amide bonds. The summed E-state index contributed by atoms with van der Waals surface area (Å²) in [6, 6.07) is 4.60. The molecule has 2 atom stereocenters. The fourth-order valence-corrected chi connectivity index (χ4v) is 3.49. The van der Waals surface area contributed by atoms with Gasteiger partial charge >= 0.3 is 5.51 Å². The minimum absolute atomic E-state index is 0.191. The van der Waals surface area contributed by atoms with E-state index in [0.29, 0.717) is 18.2 Å². The Kier molecular flexibility index (Phi) is 4.72. The predicted molar refractivity (Wildman–Crippen MR) is 75.2 cm³/mol. The molecule has 1 aromatic carbocycles. The molecule has 1 fully saturated rings. The van der Waals surface area contributed by atoms with E-state index >= 15 is 0 Å². The van der Waals surface area contributed by atoms with Gasteiger partial charge < -0.3 is 5.32 Å². The van der Waals surface area contributed by atoms with Crippen molar-refractivity contribution in [3.63, 3.8) is 0 Å². The third-order valence-corrected chi connectivity index (χ3v) is 5.44. The topological polar surface area (TPSA) is 46.2 Å². The second kappa shape index (κ2) is 6.04. The maximum Gasteiger partial charge on any atom is 0.501 e. The molecule has 0 saturated heterocycles. The van der Waals surface area contributed by atoms with E-state index in [-0.39, 0.29) is 5.38 Å². The number of nitrogens with one attached hydrogen (secondary N) is 1. The summed E-state index contributed by atoms with van der Waals surface area (Å²) < 4.78 is 59.6. The SMILES string of the molecule is O=S(=O)(c1ccc(NCC2CCC(Cl)C2)cc1)C(F)(F)F. The Balaban J connectivity index is 1.99. The highest BCUT2D eigenvalue weighted by Gasteiger charge is 2.46. The van der Waals surface area contributed by atoms with Crippen LogP contribution in [0.5, 0.6) is 0 Å². The second-order valence-electron chi connectivity index (χ2n) is 5.13. The summed E-state index contributed by atoms with van der Waals surface area (Å²) >= 11 is 6.00. The number of alkyl halides is 4. The predicted octanol–water partition coefficient (Wildman–Crippen LogP) is 3.80. The number of benzene rings is 1. The van der Waals surface area contributed by atoms with E-state index in [1.54, 1.807) is 0 Å². The molecule has 2 unspecified atom stereocenters. The van der Waals surface area contributed by atoms with Crippen LogP contribution in [0.4, 0.5) is 18.9 Å². The van der Waals surface area contributed by atoms with E-state index < -0.39 is 20.2 Å². The summed E-state index contributed by atoms with van der Waals surface area (Å²) in [6.45, 7) is 0.675. The number of hydrogen-bond donors (Lipinski definition) is 1. The van der Waals surface area contributed by atoms with Crippen LogP contribution in [0.3, 0.4) is 0 Å². The van der Waals surface area contributed by atoms with Crippen molar-refractivity contribution in [2.75, 3.05) is 11.9 Å². The first-order valence-corrected chi connectivity index (χ1v) is 8.41. The van der Waals surface area contributed by atoms with Crippen LogP contribution in [0.25, 0.3) is 0 Å². The number of halogens is 4. The maximum atomic E-state index is 12.4. The lowest BCUT2D eigenvalue weighted by atomic mass is 10.1. The van der Waals surface area contributed by atoms with Gasteiger partial charge in [0.1, 0.15) is 0 Å². The number of sulfone groups is 1. The Morgan fingerprint density at radius 2 is 1.81 bits per heavy atom. The highest BCUT2D eigenvalue weighted by Crippen LogP contribution is 2.31. The van der Waals surface area contributed by atoms with Gasteiger partial charge in [-0.3, -0.25) is 0 Å². The lowest BCUT2D eigenvalue weighted by Crippen LogP contribution is -2.23. The van der Waals surface area contributed by atoms with Gasteiger partial charge in [0.15, 0.2) is 0 Å². The summed E-state index contributed by atoms with van der Waals surface area (Å²) in [6.07, 6.45) is 2.90. The molecule has 1 aromatic rings. The van der Waals surface area contributed by atoms with Crippen molar-refractivity contribution in [1.82, 2.24) is 0 Å². The van der Waals surface area contributed by atoms with Gasteiger partial charge in [0.25, 0.3) is 9.84 Å². The molecule has 0 bridgehead atoms. The third-order valence-electron chi connectivity index (χ3n) is 3.54. The standard InChI is InChI=1S/C13H15ClF3NO2S/c14-10-2-1-9(7-10)8-18-11-3-5-12(6-4-11)21(19,20)13(15,16)17/h3-6,9-10,18H,1-2,7-8H2. The molecule has 1 saturated carbocycles. The first-order valence-electron chi connectivity index (χ1n) is 6.49. The Bertz CT molecular complexity index is 586. The second-order valence-corrected chi connectivity index (χ2v) is 7.69. The van der Waals surface area contributed by atoms with E-state index in [1.165, 1.54) is 12.1 Å². The lowest BCUT2D eigenvalue weighted by Gasteiger charge is -2.13. The smallest absolute Gasteiger partial charge is 0.385 e. The fourth-order valence-electron chi connectivity index (χ4n) is 2.35. The average Bonchev–Trinajstić information content (AvgIpc) is 2.81. The minimum atomic E-state index is -5.28. The van der Waals surface area contributed by atoms with Crippen molar-refractivity contribution in [2.45, 2.75) is 35.0 Å². The summed E-state index contributed by atoms with van der Waals surface area (Å²) in [7, 11) is -5.28. The number of rotatable bonds is 4. The molecule has 0 aliphatic heterocycles. The Hall–Kier alpha value is -0.950. The van der Waals surface area contributed by atoms with Crippen LogP contribution < -0.4 is 5.32 Å². The van der Waals surface area contributed by atoms with Crippen molar-refractivity contribution in [2.24, 2.45) is 5.92 Å². The minimum Gasteiger partial charge on any atom is -0.385 e. The van der Waals surface area contributed by atoms with Crippen LogP contribution in [-0.2, 0) is 9.84 Å². The lowest BCUT2D eigenvalue weighted by molar-refractivity contribution is -0.0436. The monoisotopic (exact) mass is 341 g/mol. The van der Waals surface area contributed by atoms with Gasteiger partial charge in [-0.15, -0.1) is 11.6 Å². The van der Waals surface area contributed by atoms with E-state index in [9.17, 15) is 21.6 Å². The highest BCUT2D eigenvalue weighted by atomic mass is 35.5. The van der Waals surface area contributed by atoms with Gasteiger partial charge in [-0.2, -0.15) is 13.2 Å². The molecule has 0 spiro atoms. The zero-order chi connectivity index (χ0) is 15.7. The molecule has 0 radical (unpaired) electrons. The van der Waals surface area contributed by atoms with Gasteiger partial charge in [0.05, 0.1) is 4.90 Å². The quantitative estimate of drug-likeness (QED) is 0.847. The summed E-state index contributed by atoms with van der Waals surface area (Å²) in [5.74, 6) is 0.436. The number of anilines is 1. The molecule has 3 nitrogen and oxygen atoms in total. The van der Waals surface area contributed by atoms with Crippen LogP contribution in [0.1, 0.15) is 19.3 Å². The molecule has 0 aromatic heterocycles. The highest BCUT2D eigenvalue weighted by molar-refractivity contribution is 7.92. The number of hydrogen-bond acceptors (Lipinski definition) is 3. The van der Waals surface area contributed by atoms with Crippen molar-refractivity contribution in [3.05, 3.63) is 24.3 Å². The Labute approximate surface area is 126 Å². The summed E-state index contributed by atoms with van der Waals surface area (Å²) in [5.41, 5.74) is -4.68. The molecular weight excluding hydrogens is 327 g/mol. The Morgan fingerprint density at radius 3 is 2.29 bits per heavy atom. The fraction of sp³-hybridized carbons (Fsp3) is 0.538. The summed E-state index contributed by atoms with van der Waals surface area (Å²) in [4.78, 5) is -0.748. The third kappa shape index (κ3) is 3.83. The van der Waals surface area contributed by atoms with Gasteiger partial charge in [0.2, 0.25) is 0 Å². The van der Waals surface area contributed by atoms with Crippen LogP contribution >= 0.6 is 11.6 Å². The van der Waals surface area contributed by atoms with Gasteiger partial charge in [-0.1, -0.05) is 0 Å². The molecule has 21 heavy (non-hydrogen) atoms. The van der Waals surface area contributed by atoms with Crippen molar-refractivity contribution in [1.29, 1.82) is 0 Å². The maximum absolute atomic E-state index is 12.4. The molecule has 1 N–H and O–H groups in total. The van der Waals surface area contributed by atoms with Crippen molar-refractivity contribution >= 4 is 27.1 Å². The zero-order valence-electron chi connectivity index (χ0n) is 11.0. The molecule has 1 aliphatic carbocycles. The van der Waals surface area contributed by atoms with Gasteiger partial charge in [0, 0.05) is 17.6 Å². The molecule has 118 valence electrons. The molecule has 8 heteroatoms. The first kappa shape index (κ1) is 16.4. The van der Waals surface area contributed by atoms with Crippen LogP contribution in [0, 0.1) is 5.92 Å². The van der Waals surface area contributed by atoms with Crippen molar-refractivity contribution in [3.8, 4) is 0 Å². The van der Waals surface area contributed by atoms with E-state index in [2.05, 4.69) is 5.32 Å². The van der Waals surface area contributed by atoms with Gasteiger partial charge in [-0.25, -0.2) is 8.42 Å². The normalized spacial score (nSPS) is 23.2. The van der Waals surface area contributed by atoms with Crippen LogP contribution in [0.15, 0.2) is 29.2 Å². The van der Waals surface area contributed by atoms with Crippen LogP contribution in [-0.4, -0.2) is 25.8 Å². The average molecular weight is 342 g/mol. The first-order chi connectivity index (χ1) is 9.70. The van der Waals surface area contributed by atoms with Crippen LogP contribution in [0.2, 0.25) is 0 Å². The largest absolute Gasteiger partial charge is 0.501 e. The molecule has 2 rings (SSSR count). The zero-order valence-corrected chi connectivity index (χ0v) is 12.6. The van der Waals surface area contributed by atoms with E-state index in [4.69, 9.17) is 11.6 Å². The molecular formula is C13H15ClF3NO2S. The van der Waals surface area contributed by atoms with E-state index in [0.717, 1.165) is 31.4 Å². The molecule has 0 heterocycles. The van der Waals surface area contributed by atoms with E-state index in [1.807, 2.05) is 0 Å². The Morgan fingerprint density at radius 1 is 1.19 bits per heavy atom. The molecule has 1 aliphatic rings. The van der Waals surface area contributed by atoms with Crippen molar-refractivity contribution < 1.29 is 21.6 Å².